The van der Waals surface area contributed by atoms with Gasteiger partial charge in [-0.1, -0.05) is 81.7 Å². The number of hydrogen-bond donors (Lipinski definition) is 1. The van der Waals surface area contributed by atoms with Crippen molar-refractivity contribution >= 4 is 0 Å². The molecule has 0 aliphatic heterocycles. The molecule has 1 rings (SSSR count). The minimum atomic E-state index is 0. The Morgan fingerprint density at radius 3 is 1.52 bits per heavy atom. The van der Waals surface area contributed by atoms with Crippen molar-refractivity contribution in [1.29, 1.82) is 0 Å². The van der Waals surface area contributed by atoms with Crippen LogP contribution in [-0.4, -0.2) is 20.6 Å². The third-order valence-electron chi connectivity index (χ3n) is 4.49. The molecule has 0 aromatic heterocycles. The van der Waals surface area contributed by atoms with Gasteiger partial charge in [0.1, 0.15) is 0 Å². The summed E-state index contributed by atoms with van der Waals surface area (Å²) in [5.41, 5.74) is 1.50. The van der Waals surface area contributed by atoms with Crippen LogP contribution in [0.3, 0.4) is 0 Å². The van der Waals surface area contributed by atoms with Crippen LogP contribution in [0, 0.1) is 0 Å². The molecular formula is C21H38FN. The van der Waals surface area contributed by atoms with Gasteiger partial charge in [0.25, 0.3) is 0 Å². The minimum absolute atomic E-state index is 0. The summed E-state index contributed by atoms with van der Waals surface area (Å²) in [6.45, 7) is 1.34. The maximum Gasteiger partial charge on any atom is 0.0766 e. The second-order valence-corrected chi connectivity index (χ2v) is 7.08. The van der Waals surface area contributed by atoms with E-state index >= 15 is 0 Å². The lowest BCUT2D eigenvalue weighted by Crippen LogP contribution is -3.05. The van der Waals surface area contributed by atoms with E-state index in [4.69, 9.17) is 0 Å². The summed E-state index contributed by atoms with van der Waals surface area (Å²) in [6.07, 6.45) is 17.0. The molecule has 0 amide bonds. The molecule has 0 saturated carbocycles. The number of halogens is 1. The van der Waals surface area contributed by atoms with Gasteiger partial charge >= 0.3 is 0 Å². The maximum atomic E-state index is 2.25. The van der Waals surface area contributed by atoms with E-state index in [2.05, 4.69) is 44.4 Å². The van der Waals surface area contributed by atoms with Crippen molar-refractivity contribution in [2.24, 2.45) is 0 Å². The minimum Gasteiger partial charge on any atom is -1.00 e. The van der Waals surface area contributed by atoms with E-state index in [9.17, 15) is 0 Å². The number of nitrogens with one attached hydrogen (secondary N) is 1. The smallest absolute Gasteiger partial charge is 0.0766 e. The molecule has 0 aliphatic rings. The van der Waals surface area contributed by atoms with Gasteiger partial charge in [-0.15, -0.1) is 0 Å². The van der Waals surface area contributed by atoms with Crippen LogP contribution in [0.1, 0.15) is 76.2 Å². The van der Waals surface area contributed by atoms with E-state index in [0.29, 0.717) is 0 Å². The molecule has 0 bridgehead atoms. The zero-order chi connectivity index (χ0) is 15.9. The van der Waals surface area contributed by atoms with Crippen LogP contribution in [-0.2, 0) is 6.42 Å². The van der Waals surface area contributed by atoms with Crippen LogP contribution in [0.25, 0.3) is 0 Å². The summed E-state index contributed by atoms with van der Waals surface area (Å²) in [7, 11) is 4.50. The van der Waals surface area contributed by atoms with Gasteiger partial charge in [0.15, 0.2) is 0 Å². The molecule has 23 heavy (non-hydrogen) atoms. The van der Waals surface area contributed by atoms with E-state index in [-0.39, 0.29) is 4.70 Å². The molecule has 0 radical (unpaired) electrons. The SMILES string of the molecule is C[NH+](C)CCCCCCCCCCCCCc1ccccc1.[F-]. The Kier molecular flexibility index (Phi) is 15.4. The van der Waals surface area contributed by atoms with Gasteiger partial charge in [0.05, 0.1) is 20.6 Å². The molecular weight excluding hydrogens is 285 g/mol. The third-order valence-corrected chi connectivity index (χ3v) is 4.49. The van der Waals surface area contributed by atoms with Crippen molar-refractivity contribution in [1.82, 2.24) is 0 Å². The lowest BCUT2D eigenvalue weighted by molar-refractivity contribution is -0.858. The molecule has 0 atom stereocenters. The van der Waals surface area contributed by atoms with E-state index in [1.807, 2.05) is 0 Å². The van der Waals surface area contributed by atoms with Crippen molar-refractivity contribution in [3.05, 3.63) is 35.9 Å². The third kappa shape index (κ3) is 14.4. The molecule has 0 unspecified atom stereocenters. The van der Waals surface area contributed by atoms with Crippen molar-refractivity contribution in [2.45, 2.75) is 77.0 Å². The van der Waals surface area contributed by atoms with Crippen LogP contribution in [0.15, 0.2) is 30.3 Å². The highest BCUT2D eigenvalue weighted by Crippen LogP contribution is 2.12. The van der Waals surface area contributed by atoms with E-state index in [1.165, 1.54) is 89.2 Å². The molecule has 0 saturated heterocycles. The Hall–Kier alpha value is -0.890. The van der Waals surface area contributed by atoms with Gasteiger partial charge in [-0.2, -0.15) is 0 Å². The number of rotatable bonds is 14. The van der Waals surface area contributed by atoms with E-state index in [1.54, 1.807) is 4.90 Å². The Morgan fingerprint density at radius 1 is 0.609 bits per heavy atom. The zero-order valence-electron chi connectivity index (χ0n) is 15.5. The number of hydrogen-bond acceptors (Lipinski definition) is 0. The summed E-state index contributed by atoms with van der Waals surface area (Å²) in [5.74, 6) is 0. The molecule has 0 spiro atoms. The first-order chi connectivity index (χ1) is 10.8. The van der Waals surface area contributed by atoms with Crippen LogP contribution in [0.4, 0.5) is 0 Å². The summed E-state index contributed by atoms with van der Waals surface area (Å²) in [5, 5.41) is 0. The Labute approximate surface area is 143 Å². The topological polar surface area (TPSA) is 4.44 Å². The average Bonchev–Trinajstić information content (AvgIpc) is 2.52. The fourth-order valence-electron chi connectivity index (χ4n) is 3.04. The van der Waals surface area contributed by atoms with E-state index in [0.717, 1.165) is 0 Å². The standard InChI is InChI=1S/C21H37N.FH/c1-22(2)20-16-11-9-7-5-3-4-6-8-10-13-17-21-18-14-12-15-19-21;/h12,14-15,18-19H,3-11,13,16-17,20H2,1-2H3;1H. The van der Waals surface area contributed by atoms with Crippen LogP contribution < -0.4 is 9.60 Å². The van der Waals surface area contributed by atoms with Gasteiger partial charge in [-0.3, -0.25) is 0 Å². The van der Waals surface area contributed by atoms with Crippen molar-refractivity contribution in [2.75, 3.05) is 20.6 Å². The normalized spacial score (nSPS) is 10.7. The van der Waals surface area contributed by atoms with Gasteiger partial charge in [-0.25, -0.2) is 0 Å². The Bertz CT molecular complexity index is 337. The van der Waals surface area contributed by atoms with Gasteiger partial charge in [0, 0.05) is 0 Å². The summed E-state index contributed by atoms with van der Waals surface area (Å²) < 4.78 is 0. The van der Waals surface area contributed by atoms with Crippen LogP contribution >= 0.6 is 0 Å². The maximum absolute atomic E-state index is 2.25. The predicted octanol–water partition coefficient (Wildman–Crippen LogP) is 1.67. The first-order valence-corrected chi connectivity index (χ1v) is 9.62. The molecule has 0 fully saturated rings. The predicted molar refractivity (Wildman–Crippen MR) is 98.6 cm³/mol. The van der Waals surface area contributed by atoms with Crippen LogP contribution in [0.5, 0.6) is 0 Å². The Balaban J connectivity index is 0.00000484. The van der Waals surface area contributed by atoms with Crippen molar-refractivity contribution in [3.8, 4) is 0 Å². The highest BCUT2D eigenvalue weighted by Gasteiger charge is 1.96. The fourth-order valence-corrected chi connectivity index (χ4v) is 3.04. The molecule has 2 heteroatoms. The molecule has 1 aromatic rings. The monoisotopic (exact) mass is 323 g/mol. The molecule has 134 valence electrons. The molecule has 1 N–H and O–H groups in total. The second kappa shape index (κ2) is 16.0. The highest BCUT2D eigenvalue weighted by atomic mass is 19.0. The number of aryl methyl sites for hydroxylation is 1. The van der Waals surface area contributed by atoms with Crippen molar-refractivity contribution in [3.63, 3.8) is 0 Å². The van der Waals surface area contributed by atoms with Gasteiger partial charge in [0.2, 0.25) is 0 Å². The average molecular weight is 324 g/mol. The summed E-state index contributed by atoms with van der Waals surface area (Å²) in [4.78, 5) is 1.59. The van der Waals surface area contributed by atoms with Crippen LogP contribution in [0.2, 0.25) is 0 Å². The first kappa shape index (κ1) is 22.1. The lowest BCUT2D eigenvalue weighted by Gasteiger charge is -2.06. The van der Waals surface area contributed by atoms with Crippen molar-refractivity contribution < 1.29 is 9.60 Å². The van der Waals surface area contributed by atoms with Gasteiger partial charge < -0.3 is 9.60 Å². The highest BCUT2D eigenvalue weighted by molar-refractivity contribution is 5.14. The first-order valence-electron chi connectivity index (χ1n) is 9.62. The quantitative estimate of drug-likeness (QED) is 0.497. The number of unbranched alkanes of at least 4 members (excludes halogenated alkanes) is 10. The largest absolute Gasteiger partial charge is 1.00 e. The summed E-state index contributed by atoms with van der Waals surface area (Å²) in [6, 6.07) is 10.9. The van der Waals surface area contributed by atoms with Gasteiger partial charge in [-0.05, 0) is 31.2 Å². The summed E-state index contributed by atoms with van der Waals surface area (Å²) >= 11 is 0. The Morgan fingerprint density at radius 2 is 1.04 bits per heavy atom. The number of benzene rings is 1. The van der Waals surface area contributed by atoms with E-state index < -0.39 is 0 Å². The second-order valence-electron chi connectivity index (χ2n) is 7.08. The zero-order valence-corrected chi connectivity index (χ0v) is 15.5. The number of quaternary nitrogens is 1. The lowest BCUT2D eigenvalue weighted by atomic mass is 10.0. The molecule has 1 aromatic carbocycles. The fraction of sp³-hybridized carbons (Fsp3) is 0.714. The molecule has 0 aliphatic carbocycles. The molecule has 1 nitrogen and oxygen atoms in total. The molecule has 0 heterocycles.